The monoisotopic (exact) mass is 318 g/mol. The summed E-state index contributed by atoms with van der Waals surface area (Å²) >= 11 is 3.09. The molecule has 0 N–H and O–H groups in total. The van der Waals surface area contributed by atoms with E-state index in [1.54, 1.807) is 13.0 Å². The topological polar surface area (TPSA) is 63.0 Å². The second kappa shape index (κ2) is 6.40. The van der Waals surface area contributed by atoms with Gasteiger partial charge in [-0.25, -0.2) is 18.6 Å². The van der Waals surface area contributed by atoms with Crippen LogP contribution in [0.2, 0.25) is 0 Å². The highest BCUT2D eigenvalue weighted by Gasteiger charge is 2.22. The predicted molar refractivity (Wildman–Crippen MR) is 62.5 cm³/mol. The summed E-state index contributed by atoms with van der Waals surface area (Å²) in [6, 6.07) is 2.74. The fourth-order valence-electron chi connectivity index (χ4n) is 1.31. The Morgan fingerprint density at radius 1 is 1.67 bits per heavy atom. The highest BCUT2D eigenvalue weighted by atomic mass is 79.9. The fourth-order valence-corrected chi connectivity index (χ4v) is 1.87. The number of nitriles is 1. The van der Waals surface area contributed by atoms with Gasteiger partial charge in [0.05, 0.1) is 18.2 Å². The molecule has 0 aliphatic carbocycles. The van der Waals surface area contributed by atoms with Crippen molar-refractivity contribution in [1.82, 2.24) is 4.98 Å². The summed E-state index contributed by atoms with van der Waals surface area (Å²) in [4.78, 5) is 15.2. The summed E-state index contributed by atoms with van der Waals surface area (Å²) in [7, 11) is 0. The van der Waals surface area contributed by atoms with Crippen molar-refractivity contribution >= 4 is 21.9 Å². The Morgan fingerprint density at radius 3 is 2.78 bits per heavy atom. The zero-order chi connectivity index (χ0) is 13.7. The molecule has 0 amide bonds. The number of hydrogen-bond donors (Lipinski definition) is 0. The van der Waals surface area contributed by atoms with Crippen molar-refractivity contribution in [3.05, 3.63) is 28.6 Å². The van der Waals surface area contributed by atoms with E-state index in [0.29, 0.717) is 0 Å². The lowest BCUT2D eigenvalue weighted by Gasteiger charge is -2.10. The van der Waals surface area contributed by atoms with Gasteiger partial charge < -0.3 is 4.74 Å². The molecule has 1 aromatic heterocycles. The molecule has 7 heteroatoms. The van der Waals surface area contributed by atoms with Crippen molar-refractivity contribution in [2.45, 2.75) is 18.7 Å². The molecule has 0 aliphatic rings. The number of aromatic nitrogens is 1. The minimum atomic E-state index is -2.85. The molecule has 0 spiro atoms. The largest absolute Gasteiger partial charge is 0.461 e. The number of alkyl halides is 3. The van der Waals surface area contributed by atoms with Crippen LogP contribution in [-0.4, -0.2) is 17.6 Å². The van der Waals surface area contributed by atoms with E-state index in [-0.39, 0.29) is 28.8 Å². The van der Waals surface area contributed by atoms with E-state index in [2.05, 4.69) is 20.9 Å². The summed E-state index contributed by atoms with van der Waals surface area (Å²) < 4.78 is 30.0. The third-order valence-corrected chi connectivity index (χ3v) is 2.65. The van der Waals surface area contributed by atoms with Gasteiger partial charge in [-0.2, -0.15) is 5.26 Å². The SMILES string of the molecule is CCOC(=O)c1nc(C(F)F)cc(C#N)c1CBr. The number of rotatable bonds is 4. The molecule has 0 radical (unpaired) electrons. The fraction of sp³-hybridized carbons (Fsp3) is 0.364. The number of pyridine rings is 1. The lowest BCUT2D eigenvalue weighted by atomic mass is 10.1. The minimum Gasteiger partial charge on any atom is -0.461 e. The van der Waals surface area contributed by atoms with Gasteiger partial charge in [0, 0.05) is 10.9 Å². The molecular weight excluding hydrogens is 310 g/mol. The van der Waals surface area contributed by atoms with Gasteiger partial charge in [0.1, 0.15) is 5.69 Å². The van der Waals surface area contributed by atoms with Crippen LogP contribution in [0.1, 0.15) is 40.7 Å². The molecule has 0 aliphatic heterocycles. The van der Waals surface area contributed by atoms with Gasteiger partial charge in [-0.3, -0.25) is 0 Å². The Labute approximate surface area is 111 Å². The Balaban J connectivity index is 3.41. The smallest absolute Gasteiger partial charge is 0.357 e. The molecule has 0 saturated carbocycles. The van der Waals surface area contributed by atoms with Crippen molar-refractivity contribution in [2.24, 2.45) is 0 Å². The van der Waals surface area contributed by atoms with Crippen molar-refractivity contribution in [3.63, 3.8) is 0 Å². The maximum Gasteiger partial charge on any atom is 0.357 e. The third kappa shape index (κ3) is 3.01. The van der Waals surface area contributed by atoms with Gasteiger partial charge in [0.25, 0.3) is 6.43 Å². The summed E-state index contributed by atoms with van der Waals surface area (Å²) in [6.45, 7) is 1.69. The van der Waals surface area contributed by atoms with Gasteiger partial charge in [0.2, 0.25) is 0 Å². The highest BCUT2D eigenvalue weighted by molar-refractivity contribution is 9.08. The lowest BCUT2D eigenvalue weighted by Crippen LogP contribution is -2.13. The first kappa shape index (κ1) is 14.5. The first-order valence-corrected chi connectivity index (χ1v) is 6.12. The van der Waals surface area contributed by atoms with Crippen LogP contribution in [0.4, 0.5) is 8.78 Å². The minimum absolute atomic E-state index is 0.0137. The zero-order valence-electron chi connectivity index (χ0n) is 9.41. The molecule has 0 bridgehead atoms. The predicted octanol–water partition coefficient (Wildman–Crippen LogP) is 2.96. The van der Waals surface area contributed by atoms with Crippen LogP contribution >= 0.6 is 15.9 Å². The van der Waals surface area contributed by atoms with E-state index in [1.807, 2.05) is 0 Å². The standard InChI is InChI=1S/C11H9BrF2N2O2/c1-2-18-11(17)9-7(4-12)6(5-15)3-8(16-9)10(13)14/h3,10H,2,4H2,1H3. The van der Waals surface area contributed by atoms with Gasteiger partial charge in [-0.1, -0.05) is 15.9 Å². The maximum absolute atomic E-state index is 12.6. The van der Waals surface area contributed by atoms with Crippen molar-refractivity contribution < 1.29 is 18.3 Å². The van der Waals surface area contributed by atoms with Crippen LogP contribution < -0.4 is 0 Å². The Kier molecular flexibility index (Phi) is 5.16. The number of esters is 1. The van der Waals surface area contributed by atoms with Crippen LogP contribution in [-0.2, 0) is 10.1 Å². The summed E-state index contributed by atoms with van der Waals surface area (Å²) in [5, 5.41) is 9.05. The van der Waals surface area contributed by atoms with Gasteiger partial charge in [-0.15, -0.1) is 0 Å². The van der Waals surface area contributed by atoms with Crippen LogP contribution in [0.3, 0.4) is 0 Å². The number of halogens is 3. The van der Waals surface area contributed by atoms with E-state index in [9.17, 15) is 13.6 Å². The van der Waals surface area contributed by atoms with E-state index in [4.69, 9.17) is 10.00 Å². The zero-order valence-corrected chi connectivity index (χ0v) is 11.0. The van der Waals surface area contributed by atoms with Gasteiger partial charge in [-0.05, 0) is 13.0 Å². The van der Waals surface area contributed by atoms with E-state index < -0.39 is 18.1 Å². The maximum atomic E-state index is 12.6. The molecule has 0 fully saturated rings. The van der Waals surface area contributed by atoms with Crippen LogP contribution in [0.25, 0.3) is 0 Å². The second-order valence-electron chi connectivity index (χ2n) is 3.19. The normalized spacial score (nSPS) is 10.2. The third-order valence-electron chi connectivity index (χ3n) is 2.09. The molecule has 18 heavy (non-hydrogen) atoms. The van der Waals surface area contributed by atoms with E-state index in [0.717, 1.165) is 6.07 Å². The molecule has 0 aromatic carbocycles. The van der Waals surface area contributed by atoms with E-state index in [1.165, 1.54) is 0 Å². The van der Waals surface area contributed by atoms with Crippen LogP contribution in [0.5, 0.6) is 0 Å². The highest BCUT2D eigenvalue weighted by Crippen LogP contribution is 2.24. The number of hydrogen-bond acceptors (Lipinski definition) is 4. The molecule has 4 nitrogen and oxygen atoms in total. The molecule has 1 heterocycles. The van der Waals surface area contributed by atoms with Gasteiger partial charge in [0.15, 0.2) is 5.69 Å². The lowest BCUT2D eigenvalue weighted by molar-refractivity contribution is 0.0516. The van der Waals surface area contributed by atoms with Crippen molar-refractivity contribution in [2.75, 3.05) is 6.61 Å². The molecule has 1 aromatic rings. The summed E-state index contributed by atoms with van der Waals surface area (Å²) in [5.74, 6) is -0.814. The summed E-state index contributed by atoms with van der Waals surface area (Å²) in [5.41, 5.74) is -0.622. The first-order valence-electron chi connectivity index (χ1n) is 5.00. The average Bonchev–Trinajstić information content (AvgIpc) is 2.37. The molecule has 0 atom stereocenters. The van der Waals surface area contributed by atoms with Crippen molar-refractivity contribution in [3.8, 4) is 6.07 Å². The van der Waals surface area contributed by atoms with Gasteiger partial charge >= 0.3 is 5.97 Å². The van der Waals surface area contributed by atoms with E-state index >= 15 is 0 Å². The van der Waals surface area contributed by atoms with Crippen LogP contribution in [0.15, 0.2) is 6.07 Å². The molecule has 0 saturated heterocycles. The quantitative estimate of drug-likeness (QED) is 0.632. The molecule has 1 rings (SSSR count). The average molecular weight is 319 g/mol. The number of ether oxygens (including phenoxy) is 1. The van der Waals surface area contributed by atoms with Crippen molar-refractivity contribution in [1.29, 1.82) is 5.26 Å². The Bertz CT molecular complexity index is 501. The first-order chi connectivity index (χ1) is 8.54. The van der Waals surface area contributed by atoms with Crippen LogP contribution in [0, 0.1) is 11.3 Å². The second-order valence-corrected chi connectivity index (χ2v) is 3.75. The number of carbonyl (C=O) groups is 1. The Morgan fingerprint density at radius 2 is 2.33 bits per heavy atom. The summed E-state index contributed by atoms with van der Waals surface area (Å²) in [6.07, 6.45) is -2.85. The molecule has 0 unspecified atom stereocenters. The number of carbonyl (C=O) groups excluding carboxylic acids is 1. The molecule has 96 valence electrons. The molecular formula is C11H9BrF2N2O2. The number of nitrogens with zero attached hydrogens (tertiary/aromatic N) is 2. The Hall–Kier alpha value is -1.55.